The predicted molar refractivity (Wildman–Crippen MR) is 121 cm³/mol. The first-order valence-corrected chi connectivity index (χ1v) is 11.0. The van der Waals surface area contributed by atoms with Crippen molar-refractivity contribution in [3.05, 3.63) is 60.0 Å². The molecule has 0 unspecified atom stereocenters. The molecule has 33 heavy (non-hydrogen) atoms. The molecule has 0 saturated carbocycles. The zero-order valence-electron chi connectivity index (χ0n) is 18.8. The number of piperidine rings is 1. The number of carbonyl (C=O) groups is 2. The fraction of sp³-hybridized carbons (Fsp3) is 0.360. The Balaban J connectivity index is 1.32. The van der Waals surface area contributed by atoms with E-state index in [1.165, 1.54) is 0 Å². The topological polar surface area (TPSA) is 94.8 Å². The van der Waals surface area contributed by atoms with E-state index < -0.39 is 0 Å². The van der Waals surface area contributed by atoms with Crippen LogP contribution < -0.4 is 9.47 Å². The molecule has 2 heterocycles. The lowest BCUT2D eigenvalue weighted by molar-refractivity contribution is -0.132. The molecule has 1 saturated heterocycles. The van der Waals surface area contributed by atoms with Crippen LogP contribution in [0.3, 0.4) is 0 Å². The molecule has 1 fully saturated rings. The summed E-state index contributed by atoms with van der Waals surface area (Å²) in [4.78, 5) is 31.2. The second-order valence-electron chi connectivity index (χ2n) is 8.00. The minimum atomic E-state index is -0.00796. The molecule has 0 bridgehead atoms. The zero-order chi connectivity index (χ0) is 23.2. The highest BCUT2D eigenvalue weighted by atomic mass is 16.5. The lowest BCUT2D eigenvalue weighted by Crippen LogP contribution is -2.38. The number of Topliss-reactive ketones (excluding diaryl/α,β-unsaturated/α-hetero) is 1. The largest absolute Gasteiger partial charge is 0.497 e. The van der Waals surface area contributed by atoms with Gasteiger partial charge in [-0.15, -0.1) is 0 Å². The van der Waals surface area contributed by atoms with Crippen LogP contribution in [-0.2, 0) is 4.79 Å². The van der Waals surface area contributed by atoms with Crippen LogP contribution in [0.4, 0.5) is 0 Å². The number of ether oxygens (including phenoxy) is 2. The summed E-state index contributed by atoms with van der Waals surface area (Å²) in [5.74, 6) is 2.42. The van der Waals surface area contributed by atoms with E-state index in [-0.39, 0.29) is 30.4 Å². The number of amides is 1. The number of rotatable bonds is 8. The first kappa shape index (κ1) is 22.5. The first-order chi connectivity index (χ1) is 16.1. The fourth-order valence-electron chi connectivity index (χ4n) is 3.98. The number of hydrogen-bond acceptors (Lipinski definition) is 7. The average Bonchev–Trinajstić information content (AvgIpc) is 3.38. The molecule has 8 heteroatoms. The van der Waals surface area contributed by atoms with Crippen LogP contribution in [0.2, 0.25) is 0 Å². The number of ketones is 1. The molecular weight excluding hydrogens is 422 g/mol. The molecule has 0 radical (unpaired) electrons. The molecule has 0 spiro atoms. The summed E-state index contributed by atoms with van der Waals surface area (Å²) in [5.41, 5.74) is 1.39. The summed E-state index contributed by atoms with van der Waals surface area (Å²) < 4.78 is 16.2. The molecule has 1 aliphatic heterocycles. The van der Waals surface area contributed by atoms with Gasteiger partial charge in [0.25, 0.3) is 0 Å². The predicted octanol–water partition coefficient (Wildman–Crippen LogP) is 4.12. The maximum Gasteiger partial charge on any atom is 0.230 e. The molecule has 2 aromatic carbocycles. The van der Waals surface area contributed by atoms with E-state index in [9.17, 15) is 9.59 Å². The van der Waals surface area contributed by atoms with Crippen LogP contribution >= 0.6 is 0 Å². The summed E-state index contributed by atoms with van der Waals surface area (Å²) in [7, 11) is 3.18. The van der Waals surface area contributed by atoms with Crippen molar-refractivity contribution in [1.29, 1.82) is 0 Å². The summed E-state index contributed by atoms with van der Waals surface area (Å²) in [5, 5.41) is 4.13. The quantitative estimate of drug-likeness (QED) is 0.477. The van der Waals surface area contributed by atoms with Crippen molar-refractivity contribution in [2.45, 2.75) is 31.6 Å². The molecule has 1 aromatic heterocycles. The number of aromatic nitrogens is 2. The summed E-state index contributed by atoms with van der Waals surface area (Å²) in [6.07, 6.45) is 1.92. The molecule has 0 aliphatic carbocycles. The Kier molecular flexibility index (Phi) is 7.02. The number of methoxy groups -OCH3 is 2. The third-order valence-corrected chi connectivity index (χ3v) is 5.91. The number of benzene rings is 2. The van der Waals surface area contributed by atoms with E-state index in [4.69, 9.17) is 14.0 Å². The van der Waals surface area contributed by atoms with Gasteiger partial charge in [0.15, 0.2) is 5.78 Å². The van der Waals surface area contributed by atoms with E-state index >= 15 is 0 Å². The number of nitrogens with zero attached hydrogens (tertiary/aromatic N) is 3. The first-order valence-electron chi connectivity index (χ1n) is 11.0. The number of hydrogen-bond donors (Lipinski definition) is 0. The van der Waals surface area contributed by atoms with Gasteiger partial charge in [-0.1, -0.05) is 35.5 Å². The van der Waals surface area contributed by atoms with Crippen molar-refractivity contribution in [3.63, 3.8) is 0 Å². The van der Waals surface area contributed by atoms with Crippen molar-refractivity contribution in [2.24, 2.45) is 0 Å². The van der Waals surface area contributed by atoms with E-state index in [1.807, 2.05) is 35.2 Å². The Hall–Kier alpha value is -3.68. The van der Waals surface area contributed by atoms with Crippen molar-refractivity contribution in [1.82, 2.24) is 15.0 Å². The summed E-state index contributed by atoms with van der Waals surface area (Å²) in [6, 6.07) is 14.5. The van der Waals surface area contributed by atoms with E-state index in [1.54, 1.807) is 32.4 Å². The highest BCUT2D eigenvalue weighted by Gasteiger charge is 2.28. The van der Waals surface area contributed by atoms with Crippen LogP contribution in [-0.4, -0.2) is 54.0 Å². The van der Waals surface area contributed by atoms with Gasteiger partial charge in [0.2, 0.25) is 17.6 Å². The van der Waals surface area contributed by atoms with Crippen molar-refractivity contribution < 1.29 is 23.6 Å². The maximum absolute atomic E-state index is 12.6. The van der Waals surface area contributed by atoms with Gasteiger partial charge in [0, 0.05) is 49.0 Å². The minimum Gasteiger partial charge on any atom is -0.497 e. The Bertz CT molecular complexity index is 1080. The van der Waals surface area contributed by atoms with Crippen LogP contribution in [0, 0.1) is 0 Å². The minimum absolute atomic E-state index is 0.00687. The molecule has 172 valence electrons. The molecule has 3 aromatic rings. The van der Waals surface area contributed by atoms with E-state index in [0.717, 1.165) is 18.4 Å². The highest BCUT2D eigenvalue weighted by molar-refractivity contribution is 5.97. The normalized spacial score (nSPS) is 14.2. The summed E-state index contributed by atoms with van der Waals surface area (Å²) in [6.45, 7) is 1.21. The Labute approximate surface area is 192 Å². The standard InChI is InChI=1S/C25H27N3O5/c1-31-20-14-19(15-21(16-20)32-2)24-26-25(33-27-24)18-10-12-28(13-11-18)23(30)9-8-22(29)17-6-4-3-5-7-17/h3-7,14-16,18H,8-13H2,1-2H3. The Morgan fingerprint density at radius 3 is 2.30 bits per heavy atom. The maximum atomic E-state index is 12.6. The van der Waals surface area contributed by atoms with Crippen molar-refractivity contribution in [3.8, 4) is 22.9 Å². The van der Waals surface area contributed by atoms with Crippen LogP contribution in [0.15, 0.2) is 53.1 Å². The van der Waals surface area contributed by atoms with Gasteiger partial charge >= 0.3 is 0 Å². The fourth-order valence-corrected chi connectivity index (χ4v) is 3.98. The monoisotopic (exact) mass is 449 g/mol. The second-order valence-corrected chi connectivity index (χ2v) is 8.00. The molecular formula is C25H27N3O5. The molecule has 8 nitrogen and oxygen atoms in total. The summed E-state index contributed by atoms with van der Waals surface area (Å²) >= 11 is 0. The van der Waals surface area contributed by atoms with Crippen LogP contribution in [0.5, 0.6) is 11.5 Å². The second kappa shape index (κ2) is 10.3. The van der Waals surface area contributed by atoms with Gasteiger partial charge in [-0.3, -0.25) is 9.59 Å². The third kappa shape index (κ3) is 5.39. The Morgan fingerprint density at radius 2 is 1.67 bits per heavy atom. The molecule has 1 aliphatic rings. The molecule has 4 rings (SSSR count). The van der Waals surface area contributed by atoms with Gasteiger partial charge < -0.3 is 18.9 Å². The lowest BCUT2D eigenvalue weighted by Gasteiger charge is -2.30. The lowest BCUT2D eigenvalue weighted by atomic mass is 9.96. The van der Waals surface area contributed by atoms with Gasteiger partial charge in [-0.05, 0) is 25.0 Å². The van der Waals surface area contributed by atoms with Crippen molar-refractivity contribution in [2.75, 3.05) is 27.3 Å². The van der Waals surface area contributed by atoms with Gasteiger partial charge in [0.05, 0.1) is 14.2 Å². The van der Waals surface area contributed by atoms with Crippen LogP contribution in [0.25, 0.3) is 11.4 Å². The van der Waals surface area contributed by atoms with Crippen molar-refractivity contribution >= 4 is 11.7 Å². The van der Waals surface area contributed by atoms with Gasteiger partial charge in [0.1, 0.15) is 11.5 Å². The molecule has 1 amide bonds. The van der Waals surface area contributed by atoms with Crippen LogP contribution in [0.1, 0.15) is 47.8 Å². The average molecular weight is 450 g/mol. The van der Waals surface area contributed by atoms with Gasteiger partial charge in [-0.2, -0.15) is 4.98 Å². The van der Waals surface area contributed by atoms with Gasteiger partial charge in [-0.25, -0.2) is 0 Å². The zero-order valence-corrected chi connectivity index (χ0v) is 18.8. The SMILES string of the molecule is COc1cc(OC)cc(-c2noc(C3CCN(C(=O)CCC(=O)c4ccccc4)CC3)n2)c1. The number of likely N-dealkylation sites (tertiary alicyclic amines) is 1. The smallest absolute Gasteiger partial charge is 0.230 e. The molecule has 0 N–H and O–H groups in total. The van der Waals surface area contributed by atoms with E-state index in [0.29, 0.717) is 41.9 Å². The molecule has 0 atom stereocenters. The number of carbonyl (C=O) groups excluding carboxylic acids is 2. The third-order valence-electron chi connectivity index (χ3n) is 5.91. The van der Waals surface area contributed by atoms with E-state index in [2.05, 4.69) is 10.1 Å². The Morgan fingerprint density at radius 1 is 1.00 bits per heavy atom. The highest BCUT2D eigenvalue weighted by Crippen LogP contribution is 2.31.